The van der Waals surface area contributed by atoms with Gasteiger partial charge in [-0.15, -0.1) is 0 Å². The summed E-state index contributed by atoms with van der Waals surface area (Å²) in [7, 11) is 4.18. The van der Waals surface area contributed by atoms with E-state index in [9.17, 15) is 0 Å². The molecule has 0 aliphatic heterocycles. The van der Waals surface area contributed by atoms with E-state index < -0.39 is 0 Å². The predicted octanol–water partition coefficient (Wildman–Crippen LogP) is 1.10. The van der Waals surface area contributed by atoms with Crippen LogP contribution in [-0.2, 0) is 4.74 Å². The molecule has 14 heavy (non-hydrogen) atoms. The van der Waals surface area contributed by atoms with E-state index >= 15 is 0 Å². The van der Waals surface area contributed by atoms with Crippen molar-refractivity contribution in [3.8, 4) is 0 Å². The Labute approximate surface area is 87.8 Å². The first-order chi connectivity index (χ1) is 6.52. The van der Waals surface area contributed by atoms with Crippen molar-refractivity contribution in [3.63, 3.8) is 0 Å². The molecule has 3 heteroatoms. The summed E-state index contributed by atoms with van der Waals surface area (Å²) in [5.41, 5.74) is 0.138. The van der Waals surface area contributed by atoms with E-state index in [0.717, 1.165) is 25.8 Å². The van der Waals surface area contributed by atoms with Gasteiger partial charge in [0.15, 0.2) is 0 Å². The second-order valence-corrected chi connectivity index (χ2v) is 4.99. The third-order valence-electron chi connectivity index (χ3n) is 2.92. The molecule has 0 heterocycles. The zero-order valence-electron chi connectivity index (χ0n) is 9.97. The van der Waals surface area contributed by atoms with Gasteiger partial charge in [-0.1, -0.05) is 0 Å². The second kappa shape index (κ2) is 5.10. The molecular formula is C11H24N2O. The lowest BCUT2D eigenvalue weighted by atomic mass is 10.1. The molecule has 1 aliphatic carbocycles. The molecule has 0 aromatic carbocycles. The van der Waals surface area contributed by atoms with Crippen LogP contribution in [0.1, 0.15) is 26.7 Å². The Bertz CT molecular complexity index is 165. The summed E-state index contributed by atoms with van der Waals surface area (Å²) in [5, 5.41) is 3.43. The van der Waals surface area contributed by atoms with Gasteiger partial charge in [0, 0.05) is 18.1 Å². The lowest BCUT2D eigenvalue weighted by Crippen LogP contribution is -2.42. The molecule has 0 amide bonds. The van der Waals surface area contributed by atoms with Crippen molar-refractivity contribution in [1.82, 2.24) is 10.2 Å². The third kappa shape index (κ3) is 4.40. The fourth-order valence-corrected chi connectivity index (χ4v) is 1.07. The Balaban J connectivity index is 1.96. The monoisotopic (exact) mass is 200 g/mol. The molecule has 1 fully saturated rings. The minimum atomic E-state index is 0.138. The van der Waals surface area contributed by atoms with E-state index in [1.54, 1.807) is 0 Å². The largest absolute Gasteiger partial charge is 0.378 e. The number of rotatable bonds is 7. The summed E-state index contributed by atoms with van der Waals surface area (Å²) in [4.78, 5) is 2.20. The van der Waals surface area contributed by atoms with Gasteiger partial charge in [0.25, 0.3) is 0 Å². The highest BCUT2D eigenvalue weighted by Gasteiger charge is 2.21. The first-order valence-corrected chi connectivity index (χ1v) is 5.51. The summed E-state index contributed by atoms with van der Waals surface area (Å²) in [6.45, 7) is 7.01. The van der Waals surface area contributed by atoms with Crippen LogP contribution in [0.25, 0.3) is 0 Å². The van der Waals surface area contributed by atoms with E-state index in [4.69, 9.17) is 4.74 Å². The quantitative estimate of drug-likeness (QED) is 0.623. The molecule has 1 saturated carbocycles. The van der Waals surface area contributed by atoms with Crippen LogP contribution in [0.5, 0.6) is 0 Å². The first-order valence-electron chi connectivity index (χ1n) is 5.51. The van der Waals surface area contributed by atoms with E-state index in [0.29, 0.717) is 0 Å². The van der Waals surface area contributed by atoms with Crippen LogP contribution in [0.15, 0.2) is 0 Å². The van der Waals surface area contributed by atoms with Crippen molar-refractivity contribution < 1.29 is 4.74 Å². The molecule has 1 N–H and O–H groups in total. The average molecular weight is 200 g/mol. The van der Waals surface area contributed by atoms with Crippen molar-refractivity contribution in [3.05, 3.63) is 0 Å². The molecule has 0 spiro atoms. The Morgan fingerprint density at radius 2 is 2.00 bits per heavy atom. The zero-order valence-corrected chi connectivity index (χ0v) is 9.97. The normalized spacial score (nSPS) is 17.8. The summed E-state index contributed by atoms with van der Waals surface area (Å²) in [6.07, 6.45) is 2.70. The lowest BCUT2D eigenvalue weighted by molar-refractivity contribution is 0.0375. The summed E-state index contributed by atoms with van der Waals surface area (Å²) >= 11 is 0. The molecule has 3 nitrogen and oxygen atoms in total. The number of likely N-dealkylation sites (N-methyl/N-ethyl adjacent to an activating group) is 1. The molecule has 0 aromatic rings. The van der Waals surface area contributed by atoms with Gasteiger partial charge in [-0.25, -0.2) is 0 Å². The molecular weight excluding hydrogens is 176 g/mol. The number of nitrogens with one attached hydrogen (secondary N) is 1. The van der Waals surface area contributed by atoms with Crippen molar-refractivity contribution >= 4 is 0 Å². The van der Waals surface area contributed by atoms with Gasteiger partial charge in [-0.3, -0.25) is 0 Å². The Hall–Kier alpha value is -0.120. The smallest absolute Gasteiger partial charge is 0.0645 e. The highest BCUT2D eigenvalue weighted by molar-refractivity contribution is 4.80. The lowest BCUT2D eigenvalue weighted by Gasteiger charge is -2.32. The van der Waals surface area contributed by atoms with Gasteiger partial charge in [0.1, 0.15) is 0 Å². The highest BCUT2D eigenvalue weighted by atomic mass is 16.5. The molecule has 0 atom stereocenters. The molecule has 1 aliphatic rings. The van der Waals surface area contributed by atoms with Crippen LogP contribution in [-0.4, -0.2) is 50.3 Å². The molecule has 0 aromatic heterocycles. The summed E-state index contributed by atoms with van der Waals surface area (Å²) < 4.78 is 5.63. The third-order valence-corrected chi connectivity index (χ3v) is 2.92. The average Bonchev–Trinajstić information content (AvgIpc) is 2.87. The van der Waals surface area contributed by atoms with Gasteiger partial charge in [0.05, 0.1) is 13.2 Å². The van der Waals surface area contributed by atoms with Crippen LogP contribution in [0, 0.1) is 0 Å². The van der Waals surface area contributed by atoms with Crippen LogP contribution >= 0.6 is 0 Å². The van der Waals surface area contributed by atoms with Crippen LogP contribution in [0.2, 0.25) is 0 Å². The van der Waals surface area contributed by atoms with E-state index in [-0.39, 0.29) is 5.54 Å². The van der Waals surface area contributed by atoms with Gasteiger partial charge in [-0.05, 0) is 40.8 Å². The minimum absolute atomic E-state index is 0.138. The SMILES string of the molecule is CN(C)C(C)(C)COCCNC1CC1. The van der Waals surface area contributed by atoms with Crippen LogP contribution < -0.4 is 5.32 Å². The number of hydrogen-bond donors (Lipinski definition) is 1. The Morgan fingerprint density at radius 1 is 1.36 bits per heavy atom. The first kappa shape index (κ1) is 12.0. The molecule has 84 valence electrons. The van der Waals surface area contributed by atoms with Crippen molar-refractivity contribution in [1.29, 1.82) is 0 Å². The maximum absolute atomic E-state index is 5.63. The predicted molar refractivity (Wildman–Crippen MR) is 59.6 cm³/mol. The zero-order chi connectivity index (χ0) is 10.6. The van der Waals surface area contributed by atoms with Crippen molar-refractivity contribution in [2.75, 3.05) is 33.9 Å². The van der Waals surface area contributed by atoms with E-state index in [2.05, 4.69) is 38.2 Å². The van der Waals surface area contributed by atoms with Gasteiger partial charge in [0.2, 0.25) is 0 Å². The van der Waals surface area contributed by atoms with Crippen LogP contribution in [0.3, 0.4) is 0 Å². The standard InChI is InChI=1S/C11H24N2O/c1-11(2,13(3)4)9-14-8-7-12-10-5-6-10/h10,12H,5-9H2,1-4H3. The number of ether oxygens (including phenoxy) is 1. The fourth-order valence-electron chi connectivity index (χ4n) is 1.07. The molecule has 0 saturated heterocycles. The fraction of sp³-hybridized carbons (Fsp3) is 1.00. The number of nitrogens with zero attached hydrogens (tertiary/aromatic N) is 1. The van der Waals surface area contributed by atoms with E-state index in [1.165, 1.54) is 12.8 Å². The maximum atomic E-state index is 5.63. The van der Waals surface area contributed by atoms with Gasteiger partial charge >= 0.3 is 0 Å². The summed E-state index contributed by atoms with van der Waals surface area (Å²) in [5.74, 6) is 0. The molecule has 1 rings (SSSR count). The summed E-state index contributed by atoms with van der Waals surface area (Å²) in [6, 6.07) is 0.792. The second-order valence-electron chi connectivity index (χ2n) is 4.99. The maximum Gasteiger partial charge on any atom is 0.0645 e. The molecule has 0 radical (unpaired) electrons. The molecule has 0 unspecified atom stereocenters. The van der Waals surface area contributed by atoms with Gasteiger partial charge in [-0.2, -0.15) is 0 Å². The number of hydrogen-bond acceptors (Lipinski definition) is 3. The van der Waals surface area contributed by atoms with E-state index in [1.807, 2.05) is 0 Å². The Kier molecular flexibility index (Phi) is 4.35. The molecule has 0 bridgehead atoms. The van der Waals surface area contributed by atoms with Crippen molar-refractivity contribution in [2.24, 2.45) is 0 Å². The van der Waals surface area contributed by atoms with Crippen molar-refractivity contribution in [2.45, 2.75) is 38.3 Å². The minimum Gasteiger partial charge on any atom is -0.378 e. The van der Waals surface area contributed by atoms with Crippen LogP contribution in [0.4, 0.5) is 0 Å². The van der Waals surface area contributed by atoms with Gasteiger partial charge < -0.3 is 15.0 Å². The highest BCUT2D eigenvalue weighted by Crippen LogP contribution is 2.18. The Morgan fingerprint density at radius 3 is 2.50 bits per heavy atom. The topological polar surface area (TPSA) is 24.5 Å².